The molecule has 3 aliphatic rings. The van der Waals surface area contributed by atoms with Gasteiger partial charge in [-0.25, -0.2) is 9.97 Å². The highest BCUT2D eigenvalue weighted by atomic mass is 16.2. The fraction of sp³-hybridized carbons (Fsp3) is 0.412. The lowest BCUT2D eigenvalue weighted by atomic mass is 9.86. The van der Waals surface area contributed by atoms with Crippen molar-refractivity contribution in [2.75, 3.05) is 36.8 Å². The maximum Gasteiger partial charge on any atom is 0.246 e. The molecular formula is C34H39N7O. The van der Waals surface area contributed by atoms with Crippen molar-refractivity contribution >= 4 is 17.5 Å². The number of nitrogen functional groups attached to an aromatic ring is 1. The Kier molecular flexibility index (Phi) is 7.94. The summed E-state index contributed by atoms with van der Waals surface area (Å²) in [6.45, 7) is 11.6. The Labute approximate surface area is 248 Å². The minimum atomic E-state index is -0.0798. The first kappa shape index (κ1) is 27.9. The molecule has 216 valence electrons. The predicted octanol–water partition coefficient (Wildman–Crippen LogP) is 3.89. The third kappa shape index (κ3) is 5.49. The number of hydrogen-bond donors (Lipinski definition) is 1. The van der Waals surface area contributed by atoms with Gasteiger partial charge in [0.15, 0.2) is 0 Å². The van der Waals surface area contributed by atoms with E-state index in [0.717, 1.165) is 62.5 Å². The number of likely N-dealkylation sites (tertiary alicyclic amines) is 2. The van der Waals surface area contributed by atoms with E-state index in [9.17, 15) is 4.79 Å². The van der Waals surface area contributed by atoms with E-state index in [-0.39, 0.29) is 23.9 Å². The number of hydrogen-bond acceptors (Lipinski definition) is 7. The number of pyridine rings is 1. The van der Waals surface area contributed by atoms with Gasteiger partial charge in [0.25, 0.3) is 0 Å². The summed E-state index contributed by atoms with van der Waals surface area (Å²) >= 11 is 0. The van der Waals surface area contributed by atoms with Crippen molar-refractivity contribution in [3.63, 3.8) is 0 Å². The Hall–Kier alpha value is -4.22. The molecule has 0 aliphatic carbocycles. The molecule has 2 unspecified atom stereocenters. The smallest absolute Gasteiger partial charge is 0.246 e. The maximum absolute atomic E-state index is 11.8. The Bertz CT molecular complexity index is 1480. The third-order valence-corrected chi connectivity index (χ3v) is 8.90. The summed E-state index contributed by atoms with van der Waals surface area (Å²) < 4.78 is 0. The second-order valence-electron chi connectivity index (χ2n) is 11.9. The van der Waals surface area contributed by atoms with Gasteiger partial charge < -0.3 is 15.5 Å². The van der Waals surface area contributed by atoms with E-state index >= 15 is 0 Å². The molecule has 6 rings (SSSR count). The first-order valence-electron chi connectivity index (χ1n) is 15.0. The van der Waals surface area contributed by atoms with Crippen molar-refractivity contribution in [1.29, 1.82) is 0 Å². The van der Waals surface area contributed by atoms with Crippen LogP contribution in [-0.2, 0) is 11.2 Å². The number of rotatable bonds is 6. The molecule has 8 nitrogen and oxygen atoms in total. The van der Waals surface area contributed by atoms with E-state index in [1.54, 1.807) is 6.33 Å². The van der Waals surface area contributed by atoms with Crippen molar-refractivity contribution in [2.45, 2.75) is 57.2 Å². The molecule has 2 N–H and O–H groups in total. The molecular weight excluding hydrogens is 522 g/mol. The summed E-state index contributed by atoms with van der Waals surface area (Å²) in [5.74, 6) is 9.15. The number of nitrogens with two attached hydrogens (primary N) is 1. The van der Waals surface area contributed by atoms with Crippen molar-refractivity contribution in [3.8, 4) is 11.8 Å². The van der Waals surface area contributed by atoms with E-state index < -0.39 is 0 Å². The molecule has 8 heteroatoms. The van der Waals surface area contributed by atoms with Crippen LogP contribution in [0.2, 0.25) is 0 Å². The van der Waals surface area contributed by atoms with Crippen molar-refractivity contribution in [3.05, 3.63) is 90.0 Å². The van der Waals surface area contributed by atoms with Crippen molar-refractivity contribution in [1.82, 2.24) is 24.8 Å². The van der Waals surface area contributed by atoms with E-state index in [0.29, 0.717) is 17.8 Å². The SMILES string of the molecule is C=CC(=O)N1CC(N2CCC(C#CC3C(c4ccc(Cc5ccccn5)cc4)c4c(N)ncnc4N3C(C)C)CC2)C1. The van der Waals surface area contributed by atoms with Gasteiger partial charge in [0, 0.05) is 60.9 Å². The van der Waals surface area contributed by atoms with Gasteiger partial charge in [-0.05, 0) is 69.1 Å². The van der Waals surface area contributed by atoms with Crippen LogP contribution in [0.3, 0.4) is 0 Å². The molecule has 2 aromatic heterocycles. The topological polar surface area (TPSA) is 91.5 Å². The fourth-order valence-corrected chi connectivity index (χ4v) is 6.58. The highest BCUT2D eigenvalue weighted by molar-refractivity contribution is 5.87. The zero-order chi connectivity index (χ0) is 29.2. The van der Waals surface area contributed by atoms with Crippen LogP contribution in [-0.4, -0.2) is 75.0 Å². The lowest BCUT2D eigenvalue weighted by Gasteiger charge is -2.47. The van der Waals surface area contributed by atoms with Crippen LogP contribution in [0.4, 0.5) is 11.6 Å². The third-order valence-electron chi connectivity index (χ3n) is 8.90. The van der Waals surface area contributed by atoms with E-state index in [1.165, 1.54) is 17.2 Å². The van der Waals surface area contributed by atoms with Crippen LogP contribution in [0.25, 0.3) is 0 Å². The summed E-state index contributed by atoms with van der Waals surface area (Å²) in [6, 6.07) is 15.4. The maximum atomic E-state index is 11.8. The quantitative estimate of drug-likeness (QED) is 0.361. The number of carbonyl (C=O) groups is 1. The predicted molar refractivity (Wildman–Crippen MR) is 166 cm³/mol. The van der Waals surface area contributed by atoms with Crippen molar-refractivity contribution < 1.29 is 4.79 Å². The highest BCUT2D eigenvalue weighted by Gasteiger charge is 2.43. The summed E-state index contributed by atoms with van der Waals surface area (Å²) in [7, 11) is 0. The van der Waals surface area contributed by atoms with Crippen LogP contribution in [0.1, 0.15) is 55.0 Å². The van der Waals surface area contributed by atoms with Crippen LogP contribution in [0.5, 0.6) is 0 Å². The van der Waals surface area contributed by atoms with Crippen LogP contribution in [0.15, 0.2) is 67.6 Å². The molecule has 3 aromatic rings. The number of benzene rings is 1. The second kappa shape index (κ2) is 11.9. The monoisotopic (exact) mass is 561 g/mol. The van der Waals surface area contributed by atoms with Gasteiger partial charge in [0.05, 0.1) is 0 Å². The summed E-state index contributed by atoms with van der Waals surface area (Å²) in [6.07, 6.45) is 7.67. The molecule has 42 heavy (non-hydrogen) atoms. The number of fused-ring (bicyclic) bond motifs is 1. The number of nitrogens with zero attached hydrogens (tertiary/aromatic N) is 6. The van der Waals surface area contributed by atoms with Crippen LogP contribution in [0, 0.1) is 17.8 Å². The van der Waals surface area contributed by atoms with Gasteiger partial charge in [-0.1, -0.05) is 48.8 Å². The first-order valence-corrected chi connectivity index (χ1v) is 15.0. The largest absolute Gasteiger partial charge is 0.383 e. The van der Waals surface area contributed by atoms with Gasteiger partial charge in [0.1, 0.15) is 24.0 Å². The zero-order valence-electron chi connectivity index (χ0n) is 24.5. The average Bonchev–Trinajstić information content (AvgIpc) is 3.32. The summed E-state index contributed by atoms with van der Waals surface area (Å²) in [5.41, 5.74) is 10.9. The van der Waals surface area contributed by atoms with E-state index in [4.69, 9.17) is 10.7 Å². The zero-order valence-corrected chi connectivity index (χ0v) is 24.5. The Balaban J connectivity index is 1.21. The van der Waals surface area contributed by atoms with E-state index in [2.05, 4.69) is 82.4 Å². The first-order chi connectivity index (χ1) is 20.4. The molecule has 3 aliphatic heterocycles. The molecule has 0 saturated carbocycles. The minimum Gasteiger partial charge on any atom is -0.383 e. The Morgan fingerprint density at radius 3 is 2.50 bits per heavy atom. The second-order valence-corrected chi connectivity index (χ2v) is 11.9. The van der Waals surface area contributed by atoms with Gasteiger partial charge >= 0.3 is 0 Å². The lowest BCUT2D eigenvalue weighted by Crippen LogP contribution is -2.61. The fourth-order valence-electron chi connectivity index (χ4n) is 6.58. The molecule has 2 atom stereocenters. The molecule has 1 amide bonds. The number of piperidine rings is 1. The lowest BCUT2D eigenvalue weighted by molar-refractivity contribution is -0.133. The van der Waals surface area contributed by atoms with Gasteiger partial charge in [0.2, 0.25) is 5.91 Å². The summed E-state index contributed by atoms with van der Waals surface area (Å²) in [4.78, 5) is 32.1. The standard InChI is InChI=1S/C34H39N7O/c1-4-30(42)40-20-28(21-40)39-17-14-24(15-18-39)10-13-29-31(32-33(35)37-22-38-34(32)41(29)23(2)3)26-11-8-25(9-12-26)19-27-7-5-6-16-36-27/h4-9,11-12,16,22-24,28-29,31H,1,14-15,17-21H2,2-3H3,(H2,35,37,38). The number of aromatic nitrogens is 3. The molecule has 1 aromatic carbocycles. The Morgan fingerprint density at radius 2 is 1.83 bits per heavy atom. The molecule has 5 heterocycles. The average molecular weight is 562 g/mol. The van der Waals surface area contributed by atoms with E-state index in [1.807, 2.05) is 23.2 Å². The summed E-state index contributed by atoms with van der Waals surface area (Å²) in [5, 5.41) is 0. The number of anilines is 2. The van der Waals surface area contributed by atoms with Gasteiger partial charge in [-0.3, -0.25) is 14.7 Å². The molecule has 2 saturated heterocycles. The van der Waals surface area contributed by atoms with Crippen LogP contribution < -0.4 is 10.6 Å². The van der Waals surface area contributed by atoms with Gasteiger partial charge in [-0.15, -0.1) is 0 Å². The highest BCUT2D eigenvalue weighted by Crippen LogP contribution is 2.46. The molecule has 0 spiro atoms. The minimum absolute atomic E-state index is 0.0296. The normalized spacial score (nSPS) is 21.0. The molecule has 0 bridgehead atoms. The van der Waals surface area contributed by atoms with Gasteiger partial charge in [-0.2, -0.15) is 0 Å². The molecule has 2 fully saturated rings. The Morgan fingerprint density at radius 1 is 1.07 bits per heavy atom. The van der Waals surface area contributed by atoms with Crippen LogP contribution >= 0.6 is 0 Å². The van der Waals surface area contributed by atoms with Crippen molar-refractivity contribution in [2.24, 2.45) is 5.92 Å². The molecule has 0 radical (unpaired) electrons. The number of amides is 1. The number of carbonyl (C=O) groups excluding carboxylic acids is 1.